The molecule has 1 fully saturated rings. The average molecular weight is 459 g/mol. The Morgan fingerprint density at radius 2 is 2.12 bits per heavy atom. The highest BCUT2D eigenvalue weighted by Crippen LogP contribution is 2.50. The van der Waals surface area contributed by atoms with E-state index in [9.17, 15) is 9.18 Å². The Morgan fingerprint density at radius 3 is 2.94 bits per heavy atom. The molecule has 3 N–H and O–H groups in total. The van der Waals surface area contributed by atoms with E-state index in [1.54, 1.807) is 24.4 Å². The molecule has 2 atom stereocenters. The summed E-state index contributed by atoms with van der Waals surface area (Å²) in [6, 6.07) is 10.2. The van der Waals surface area contributed by atoms with E-state index in [0.29, 0.717) is 46.2 Å². The zero-order chi connectivity index (χ0) is 23.4. The minimum atomic E-state index is -0.498. The molecule has 1 aliphatic heterocycles. The molecule has 8 nitrogen and oxygen atoms in total. The van der Waals surface area contributed by atoms with Crippen LogP contribution < -0.4 is 20.1 Å². The molecule has 1 amide bonds. The van der Waals surface area contributed by atoms with E-state index in [1.807, 2.05) is 19.1 Å². The van der Waals surface area contributed by atoms with E-state index in [4.69, 9.17) is 9.47 Å². The molecule has 3 aromatic heterocycles. The van der Waals surface area contributed by atoms with Gasteiger partial charge in [0.05, 0.1) is 41.9 Å². The van der Waals surface area contributed by atoms with Crippen LogP contribution in [0.4, 0.5) is 15.8 Å². The zero-order valence-electron chi connectivity index (χ0n) is 18.6. The van der Waals surface area contributed by atoms with Crippen LogP contribution in [0.1, 0.15) is 35.3 Å². The number of anilines is 2. The van der Waals surface area contributed by atoms with Crippen LogP contribution in [0.15, 0.2) is 42.6 Å². The van der Waals surface area contributed by atoms with Crippen molar-refractivity contribution in [2.45, 2.75) is 25.3 Å². The van der Waals surface area contributed by atoms with Gasteiger partial charge < -0.3 is 25.1 Å². The molecule has 4 aromatic rings. The minimum absolute atomic E-state index is 0.0697. The average Bonchev–Trinajstić information content (AvgIpc) is 3.51. The van der Waals surface area contributed by atoms with Crippen LogP contribution in [0.5, 0.6) is 11.6 Å². The largest absolute Gasteiger partial charge is 0.492 e. The summed E-state index contributed by atoms with van der Waals surface area (Å²) in [7, 11) is 1.41. The molecule has 0 saturated heterocycles. The standard InChI is InChI=1S/C25H22FN5O3/c1-3-34-18-8-7-15-20(30-18)12(9-10-27-15)22-23(28-16-6-4-5-14(26)24(16)33-2)19-21(31-22)13-11-17(13)29-25(19)32/h4-10,13,17,28,31H,3,11H2,1-2H3,(H,29,32)/t13-,17+/m0/s1. The molecule has 0 unspecified atom stereocenters. The fourth-order valence-corrected chi connectivity index (χ4v) is 4.66. The van der Waals surface area contributed by atoms with Gasteiger partial charge in [-0.15, -0.1) is 0 Å². The van der Waals surface area contributed by atoms with Crippen molar-refractivity contribution in [3.63, 3.8) is 0 Å². The number of benzene rings is 1. The number of hydrogen-bond donors (Lipinski definition) is 3. The first-order chi connectivity index (χ1) is 16.6. The lowest BCUT2D eigenvalue weighted by Gasteiger charge is -2.16. The number of hydrogen-bond acceptors (Lipinski definition) is 6. The van der Waals surface area contributed by atoms with E-state index in [-0.39, 0.29) is 23.6 Å². The zero-order valence-corrected chi connectivity index (χ0v) is 18.6. The number of halogens is 1. The molecule has 0 bridgehead atoms. The quantitative estimate of drug-likeness (QED) is 0.392. The van der Waals surface area contributed by atoms with Crippen LogP contribution in [0.3, 0.4) is 0 Å². The summed E-state index contributed by atoms with van der Waals surface area (Å²) >= 11 is 0. The third kappa shape index (κ3) is 3.15. The van der Waals surface area contributed by atoms with Crippen LogP contribution >= 0.6 is 0 Å². The van der Waals surface area contributed by atoms with E-state index in [0.717, 1.165) is 17.7 Å². The Hall–Kier alpha value is -4.14. The smallest absolute Gasteiger partial charge is 0.255 e. The van der Waals surface area contributed by atoms with Gasteiger partial charge in [0.1, 0.15) is 5.52 Å². The lowest BCUT2D eigenvalue weighted by atomic mass is 10.0. The van der Waals surface area contributed by atoms with Crippen LogP contribution in [0, 0.1) is 5.82 Å². The second kappa shape index (κ2) is 7.72. The first-order valence-electron chi connectivity index (χ1n) is 11.1. The summed E-state index contributed by atoms with van der Waals surface area (Å²) in [5.41, 5.74) is 5.09. The van der Waals surface area contributed by atoms with Gasteiger partial charge in [-0.1, -0.05) is 6.07 Å². The van der Waals surface area contributed by atoms with Gasteiger partial charge in [0.15, 0.2) is 11.6 Å². The molecule has 9 heteroatoms. The second-order valence-corrected chi connectivity index (χ2v) is 8.34. The van der Waals surface area contributed by atoms with Crippen molar-refractivity contribution in [3.05, 3.63) is 59.7 Å². The molecule has 0 radical (unpaired) electrons. The van der Waals surface area contributed by atoms with Gasteiger partial charge in [-0.25, -0.2) is 9.37 Å². The highest BCUT2D eigenvalue weighted by Gasteiger charge is 2.48. The van der Waals surface area contributed by atoms with Crippen molar-refractivity contribution in [3.8, 4) is 22.9 Å². The molecule has 4 heterocycles. The van der Waals surface area contributed by atoms with Crippen molar-refractivity contribution in [1.82, 2.24) is 20.3 Å². The van der Waals surface area contributed by atoms with Gasteiger partial charge in [-0.2, -0.15) is 0 Å². The van der Waals surface area contributed by atoms with Crippen LogP contribution in [0.2, 0.25) is 0 Å². The summed E-state index contributed by atoms with van der Waals surface area (Å²) in [6.45, 7) is 2.38. The topological polar surface area (TPSA) is 101 Å². The number of rotatable bonds is 6. The molecule has 172 valence electrons. The normalized spacial score (nSPS) is 18.1. The molecule has 2 aliphatic rings. The molecule has 6 rings (SSSR count). The summed E-state index contributed by atoms with van der Waals surface area (Å²) in [5.74, 6) is 0.108. The maximum absolute atomic E-state index is 14.4. The number of carbonyl (C=O) groups is 1. The van der Waals surface area contributed by atoms with Crippen molar-refractivity contribution >= 4 is 28.3 Å². The summed E-state index contributed by atoms with van der Waals surface area (Å²) < 4.78 is 25.3. The maximum atomic E-state index is 14.4. The van der Waals surface area contributed by atoms with Gasteiger partial charge in [-0.3, -0.25) is 9.78 Å². The SMILES string of the molecule is CCOc1ccc2nccc(-c3[nH]c4c(c3Nc3cccc(F)c3OC)C(=O)N[C@@H]3C[C@H]43)c2n1. The highest BCUT2D eigenvalue weighted by atomic mass is 19.1. The Bertz CT molecular complexity index is 1450. The summed E-state index contributed by atoms with van der Waals surface area (Å²) in [6.07, 6.45) is 2.58. The number of nitrogens with one attached hydrogen (secondary N) is 3. The minimum Gasteiger partial charge on any atom is -0.492 e. The first-order valence-corrected chi connectivity index (χ1v) is 11.1. The van der Waals surface area contributed by atoms with Crippen LogP contribution in [-0.4, -0.2) is 40.6 Å². The Kier molecular flexibility index (Phi) is 4.65. The van der Waals surface area contributed by atoms with Crippen molar-refractivity contribution in [1.29, 1.82) is 0 Å². The fourth-order valence-electron chi connectivity index (χ4n) is 4.66. The number of methoxy groups -OCH3 is 1. The Labute approximate surface area is 194 Å². The summed E-state index contributed by atoms with van der Waals surface area (Å²) in [5, 5.41) is 6.33. The number of carbonyl (C=O) groups excluding carboxylic acids is 1. The Balaban J connectivity index is 1.58. The van der Waals surface area contributed by atoms with Gasteiger partial charge >= 0.3 is 0 Å². The Morgan fingerprint density at radius 1 is 1.24 bits per heavy atom. The van der Waals surface area contributed by atoms with Gasteiger partial charge in [-0.05, 0) is 37.6 Å². The molecular weight excluding hydrogens is 437 g/mol. The maximum Gasteiger partial charge on any atom is 0.255 e. The number of para-hydroxylation sites is 1. The lowest BCUT2D eigenvalue weighted by molar-refractivity contribution is 0.0944. The lowest BCUT2D eigenvalue weighted by Crippen LogP contribution is -2.31. The predicted molar refractivity (Wildman–Crippen MR) is 125 cm³/mol. The van der Waals surface area contributed by atoms with E-state index in [1.165, 1.54) is 13.2 Å². The third-order valence-electron chi connectivity index (χ3n) is 6.28. The number of H-pyrrole nitrogens is 1. The number of aromatic nitrogens is 3. The number of nitrogens with zero attached hydrogens (tertiary/aromatic N) is 2. The predicted octanol–water partition coefficient (Wildman–Crippen LogP) is 4.51. The van der Waals surface area contributed by atoms with E-state index < -0.39 is 5.82 Å². The van der Waals surface area contributed by atoms with Crippen LogP contribution in [0.25, 0.3) is 22.3 Å². The second-order valence-electron chi connectivity index (χ2n) is 8.34. The summed E-state index contributed by atoms with van der Waals surface area (Å²) in [4.78, 5) is 25.7. The van der Waals surface area contributed by atoms with Gasteiger partial charge in [0, 0.05) is 35.5 Å². The van der Waals surface area contributed by atoms with Crippen molar-refractivity contribution < 1.29 is 18.7 Å². The number of fused-ring (bicyclic) bond motifs is 4. The molecule has 1 aromatic carbocycles. The first kappa shape index (κ1) is 20.5. The third-order valence-corrected chi connectivity index (χ3v) is 6.28. The molecule has 1 saturated carbocycles. The van der Waals surface area contributed by atoms with Crippen LogP contribution in [-0.2, 0) is 0 Å². The number of amides is 1. The van der Waals surface area contributed by atoms with E-state index in [2.05, 4.69) is 25.6 Å². The van der Waals surface area contributed by atoms with Gasteiger partial charge in [0.25, 0.3) is 5.91 Å². The van der Waals surface area contributed by atoms with Crippen molar-refractivity contribution in [2.24, 2.45) is 0 Å². The monoisotopic (exact) mass is 459 g/mol. The van der Waals surface area contributed by atoms with Gasteiger partial charge in [0.2, 0.25) is 5.88 Å². The molecule has 0 spiro atoms. The highest BCUT2D eigenvalue weighted by molar-refractivity contribution is 6.09. The molecule has 1 aliphatic carbocycles. The number of aromatic amines is 1. The number of ether oxygens (including phenoxy) is 2. The number of pyridine rings is 2. The molecular formula is C25H22FN5O3. The van der Waals surface area contributed by atoms with E-state index >= 15 is 0 Å². The van der Waals surface area contributed by atoms with Crippen molar-refractivity contribution in [2.75, 3.05) is 19.0 Å². The fraction of sp³-hybridized carbons (Fsp3) is 0.240. The molecule has 34 heavy (non-hydrogen) atoms.